The summed E-state index contributed by atoms with van der Waals surface area (Å²) in [5.41, 5.74) is 1.96. The molecule has 2 nitrogen and oxygen atoms in total. The van der Waals surface area contributed by atoms with Crippen molar-refractivity contribution in [2.45, 2.75) is 50.0 Å². The SMILES string of the molecule is OC(CCl)COc1ccc(C23CC4CC(CC(C4)C2)C3)cc1. The zero-order valence-electron chi connectivity index (χ0n) is 13.0. The largest absolute Gasteiger partial charge is 0.491 e. The predicted octanol–water partition coefficient (Wildman–Crippen LogP) is 4.13. The maximum Gasteiger partial charge on any atom is 0.119 e. The molecular formula is C19H25ClO2. The molecule has 1 atom stereocenters. The molecule has 1 aromatic rings. The van der Waals surface area contributed by atoms with Gasteiger partial charge in [-0.3, -0.25) is 0 Å². The minimum Gasteiger partial charge on any atom is -0.491 e. The minimum absolute atomic E-state index is 0.214. The van der Waals surface area contributed by atoms with E-state index in [1.807, 2.05) is 0 Å². The lowest BCUT2D eigenvalue weighted by Crippen LogP contribution is -2.48. The number of ether oxygens (including phenoxy) is 1. The van der Waals surface area contributed by atoms with Crippen LogP contribution in [0.4, 0.5) is 0 Å². The van der Waals surface area contributed by atoms with Crippen molar-refractivity contribution in [2.75, 3.05) is 12.5 Å². The quantitative estimate of drug-likeness (QED) is 0.826. The molecule has 0 amide bonds. The number of aliphatic hydroxyl groups is 1. The molecule has 0 saturated heterocycles. The lowest BCUT2D eigenvalue weighted by Gasteiger charge is -2.57. The van der Waals surface area contributed by atoms with Gasteiger partial charge in [0.25, 0.3) is 0 Å². The van der Waals surface area contributed by atoms with Gasteiger partial charge in [0.2, 0.25) is 0 Å². The highest BCUT2D eigenvalue weighted by molar-refractivity contribution is 6.18. The maximum atomic E-state index is 9.47. The van der Waals surface area contributed by atoms with E-state index < -0.39 is 6.10 Å². The molecule has 0 aliphatic heterocycles. The Kier molecular flexibility index (Phi) is 3.86. The number of alkyl halides is 1. The van der Waals surface area contributed by atoms with Crippen molar-refractivity contribution in [3.63, 3.8) is 0 Å². The number of rotatable bonds is 5. The average molecular weight is 321 g/mol. The molecule has 0 aromatic heterocycles. The Labute approximate surface area is 137 Å². The monoisotopic (exact) mass is 320 g/mol. The lowest BCUT2D eigenvalue weighted by atomic mass is 9.48. The van der Waals surface area contributed by atoms with Crippen LogP contribution in [-0.2, 0) is 5.41 Å². The van der Waals surface area contributed by atoms with Crippen molar-refractivity contribution < 1.29 is 9.84 Å². The summed E-state index contributed by atoms with van der Waals surface area (Å²) < 4.78 is 5.60. The van der Waals surface area contributed by atoms with Crippen molar-refractivity contribution in [2.24, 2.45) is 17.8 Å². The predicted molar refractivity (Wildman–Crippen MR) is 88.5 cm³/mol. The van der Waals surface area contributed by atoms with Crippen LogP contribution in [0.2, 0.25) is 0 Å². The zero-order valence-corrected chi connectivity index (χ0v) is 13.8. The molecule has 3 heteroatoms. The summed E-state index contributed by atoms with van der Waals surface area (Å²) in [6.45, 7) is 0.264. The van der Waals surface area contributed by atoms with Gasteiger partial charge in [-0.25, -0.2) is 0 Å². The maximum absolute atomic E-state index is 9.47. The highest BCUT2D eigenvalue weighted by Gasteiger charge is 2.51. The fourth-order valence-electron chi connectivity index (χ4n) is 5.61. The molecule has 4 fully saturated rings. The molecule has 22 heavy (non-hydrogen) atoms. The number of halogens is 1. The van der Waals surface area contributed by atoms with E-state index in [1.165, 1.54) is 44.1 Å². The molecule has 4 saturated carbocycles. The van der Waals surface area contributed by atoms with Gasteiger partial charge in [0.1, 0.15) is 18.5 Å². The second kappa shape index (κ2) is 5.72. The van der Waals surface area contributed by atoms with Crippen LogP contribution in [0, 0.1) is 17.8 Å². The first kappa shape index (κ1) is 14.8. The molecule has 5 rings (SSSR count). The number of aliphatic hydroxyl groups excluding tert-OH is 1. The van der Waals surface area contributed by atoms with E-state index in [0.717, 1.165) is 23.5 Å². The Hall–Kier alpha value is -0.730. The molecule has 4 bridgehead atoms. The van der Waals surface area contributed by atoms with E-state index in [1.54, 1.807) is 0 Å². The van der Waals surface area contributed by atoms with Crippen LogP contribution >= 0.6 is 11.6 Å². The Morgan fingerprint density at radius 3 is 2.09 bits per heavy atom. The smallest absolute Gasteiger partial charge is 0.119 e. The van der Waals surface area contributed by atoms with Gasteiger partial charge < -0.3 is 9.84 Å². The van der Waals surface area contributed by atoms with Gasteiger partial charge in [-0.15, -0.1) is 11.6 Å². The third kappa shape index (κ3) is 2.65. The summed E-state index contributed by atoms with van der Waals surface area (Å²) in [7, 11) is 0. The third-order valence-corrected chi connectivity index (χ3v) is 6.48. The molecule has 0 radical (unpaired) electrons. The van der Waals surface area contributed by atoms with Gasteiger partial charge in [0.15, 0.2) is 0 Å². The van der Waals surface area contributed by atoms with Gasteiger partial charge >= 0.3 is 0 Å². The van der Waals surface area contributed by atoms with Crippen LogP contribution in [0.15, 0.2) is 24.3 Å². The van der Waals surface area contributed by atoms with Crippen molar-refractivity contribution in [3.05, 3.63) is 29.8 Å². The van der Waals surface area contributed by atoms with Crippen molar-refractivity contribution in [1.82, 2.24) is 0 Å². The second-order valence-electron chi connectivity index (χ2n) is 7.84. The first-order valence-corrected chi connectivity index (χ1v) is 9.18. The van der Waals surface area contributed by atoms with Gasteiger partial charge in [-0.05, 0) is 79.4 Å². The van der Waals surface area contributed by atoms with E-state index in [4.69, 9.17) is 16.3 Å². The normalized spacial score (nSPS) is 37.3. The third-order valence-electron chi connectivity index (χ3n) is 6.13. The van der Waals surface area contributed by atoms with E-state index in [2.05, 4.69) is 24.3 Å². The summed E-state index contributed by atoms with van der Waals surface area (Å²) in [5.74, 6) is 3.96. The molecule has 1 aromatic carbocycles. The Bertz CT molecular complexity index is 489. The first-order valence-electron chi connectivity index (χ1n) is 8.64. The van der Waals surface area contributed by atoms with Gasteiger partial charge in [0.05, 0.1) is 5.88 Å². The number of hydrogen-bond acceptors (Lipinski definition) is 2. The summed E-state index contributed by atoms with van der Waals surface area (Å²) in [5, 5.41) is 9.47. The highest BCUT2D eigenvalue weighted by Crippen LogP contribution is 2.60. The number of benzene rings is 1. The summed E-state index contributed by atoms with van der Waals surface area (Å²) in [4.78, 5) is 0. The van der Waals surface area contributed by atoms with E-state index in [0.29, 0.717) is 5.41 Å². The van der Waals surface area contributed by atoms with Crippen LogP contribution in [-0.4, -0.2) is 23.7 Å². The van der Waals surface area contributed by atoms with Crippen molar-refractivity contribution >= 4 is 11.6 Å². The van der Waals surface area contributed by atoms with Crippen molar-refractivity contribution in [3.8, 4) is 5.75 Å². The summed E-state index contributed by atoms with van der Waals surface area (Å²) in [6.07, 6.45) is 8.03. The lowest BCUT2D eigenvalue weighted by molar-refractivity contribution is -0.00521. The Morgan fingerprint density at radius 2 is 1.59 bits per heavy atom. The van der Waals surface area contributed by atoms with Gasteiger partial charge in [0, 0.05) is 0 Å². The zero-order chi connectivity index (χ0) is 15.2. The molecule has 4 aliphatic carbocycles. The Balaban J connectivity index is 1.49. The van der Waals surface area contributed by atoms with E-state index in [-0.39, 0.29) is 12.5 Å². The fourth-order valence-corrected chi connectivity index (χ4v) is 5.69. The fraction of sp³-hybridized carbons (Fsp3) is 0.684. The van der Waals surface area contributed by atoms with Crippen LogP contribution in [0.5, 0.6) is 5.75 Å². The molecule has 0 spiro atoms. The molecule has 120 valence electrons. The molecule has 1 N–H and O–H groups in total. The summed E-state index contributed by atoms with van der Waals surface area (Å²) in [6, 6.07) is 8.65. The molecular weight excluding hydrogens is 296 g/mol. The number of hydrogen-bond donors (Lipinski definition) is 1. The van der Waals surface area contributed by atoms with Crippen LogP contribution in [0.1, 0.15) is 44.1 Å². The van der Waals surface area contributed by atoms with Crippen LogP contribution < -0.4 is 4.74 Å². The van der Waals surface area contributed by atoms with E-state index in [9.17, 15) is 5.11 Å². The topological polar surface area (TPSA) is 29.5 Å². The van der Waals surface area contributed by atoms with Gasteiger partial charge in [-0.2, -0.15) is 0 Å². The standard InChI is InChI=1S/C19H25ClO2/c20-11-17(21)12-22-18-3-1-16(2-4-18)19-8-13-5-14(9-19)7-15(6-13)10-19/h1-4,13-15,17,21H,5-12H2. The summed E-state index contributed by atoms with van der Waals surface area (Å²) >= 11 is 5.59. The second-order valence-corrected chi connectivity index (χ2v) is 8.15. The van der Waals surface area contributed by atoms with Crippen LogP contribution in [0.25, 0.3) is 0 Å². The van der Waals surface area contributed by atoms with Gasteiger partial charge in [-0.1, -0.05) is 12.1 Å². The van der Waals surface area contributed by atoms with Crippen molar-refractivity contribution in [1.29, 1.82) is 0 Å². The molecule has 0 heterocycles. The van der Waals surface area contributed by atoms with Crippen LogP contribution in [0.3, 0.4) is 0 Å². The Morgan fingerprint density at radius 1 is 1.05 bits per heavy atom. The minimum atomic E-state index is -0.593. The first-order chi connectivity index (χ1) is 10.7. The molecule has 4 aliphatic rings. The average Bonchev–Trinajstić information content (AvgIpc) is 2.51. The highest BCUT2D eigenvalue weighted by atomic mass is 35.5. The molecule has 1 unspecified atom stereocenters. The van der Waals surface area contributed by atoms with E-state index >= 15 is 0 Å².